The van der Waals surface area contributed by atoms with E-state index in [1.54, 1.807) is 11.3 Å². The highest BCUT2D eigenvalue weighted by molar-refractivity contribution is 7.13. The maximum absolute atomic E-state index is 4.41. The summed E-state index contributed by atoms with van der Waals surface area (Å²) < 4.78 is 2.25. The van der Waals surface area contributed by atoms with Gasteiger partial charge in [-0.1, -0.05) is 25.8 Å². The molecule has 0 atom stereocenters. The van der Waals surface area contributed by atoms with Gasteiger partial charge in [-0.2, -0.15) is 0 Å². The largest absolute Gasteiger partial charge is 0.330 e. The molecule has 0 aliphatic heterocycles. The molecule has 2 heterocycles. The van der Waals surface area contributed by atoms with Crippen LogP contribution in [0.5, 0.6) is 0 Å². The predicted octanol–water partition coefficient (Wildman–Crippen LogP) is 3.80. The predicted molar refractivity (Wildman–Crippen MR) is 65.1 cm³/mol. The molecule has 0 radical (unpaired) electrons. The Morgan fingerprint density at radius 1 is 1.40 bits per heavy atom. The lowest BCUT2D eigenvalue weighted by Crippen LogP contribution is -1.98. The van der Waals surface area contributed by atoms with Crippen LogP contribution in [0.25, 0.3) is 10.7 Å². The number of unbranched alkanes of at least 4 members (excludes halogenated alkanes) is 2. The summed E-state index contributed by atoms with van der Waals surface area (Å²) in [5.41, 5.74) is 0. The van der Waals surface area contributed by atoms with Crippen LogP contribution in [0.3, 0.4) is 0 Å². The third kappa shape index (κ3) is 2.48. The minimum Gasteiger partial charge on any atom is -0.330 e. The molecule has 15 heavy (non-hydrogen) atoms. The van der Waals surface area contributed by atoms with E-state index in [0.717, 1.165) is 12.4 Å². The molecule has 0 unspecified atom stereocenters. The van der Waals surface area contributed by atoms with Crippen LogP contribution in [-0.4, -0.2) is 9.55 Å². The molecular weight excluding hydrogens is 204 g/mol. The topological polar surface area (TPSA) is 17.8 Å². The Labute approximate surface area is 94.6 Å². The first-order valence-corrected chi connectivity index (χ1v) is 6.35. The summed E-state index contributed by atoms with van der Waals surface area (Å²) in [6, 6.07) is 4.20. The lowest BCUT2D eigenvalue weighted by molar-refractivity contribution is 0.607. The van der Waals surface area contributed by atoms with Gasteiger partial charge in [-0.05, 0) is 17.9 Å². The molecule has 0 spiro atoms. The summed E-state index contributed by atoms with van der Waals surface area (Å²) in [5.74, 6) is 1.11. The number of rotatable bonds is 5. The van der Waals surface area contributed by atoms with Gasteiger partial charge < -0.3 is 4.57 Å². The summed E-state index contributed by atoms with van der Waals surface area (Å²) in [6.07, 6.45) is 7.77. The van der Waals surface area contributed by atoms with Crippen LogP contribution in [0.15, 0.2) is 29.9 Å². The van der Waals surface area contributed by atoms with E-state index in [0.29, 0.717) is 0 Å². The fraction of sp³-hybridized carbons (Fsp3) is 0.417. The molecule has 2 aromatic rings. The molecule has 2 aromatic heterocycles. The second-order valence-electron chi connectivity index (χ2n) is 3.63. The Hall–Kier alpha value is -1.09. The minimum absolute atomic E-state index is 1.08. The molecule has 0 fully saturated rings. The zero-order valence-corrected chi connectivity index (χ0v) is 9.83. The van der Waals surface area contributed by atoms with Gasteiger partial charge in [0.15, 0.2) is 0 Å². The van der Waals surface area contributed by atoms with Crippen LogP contribution < -0.4 is 0 Å². The lowest BCUT2D eigenvalue weighted by Gasteiger charge is -2.05. The van der Waals surface area contributed by atoms with Gasteiger partial charge in [0.1, 0.15) is 5.82 Å². The Balaban J connectivity index is 2.09. The van der Waals surface area contributed by atoms with Crippen LogP contribution >= 0.6 is 11.3 Å². The molecule has 2 rings (SSSR count). The van der Waals surface area contributed by atoms with Crippen molar-refractivity contribution >= 4 is 11.3 Å². The molecule has 0 amide bonds. The molecule has 2 nitrogen and oxygen atoms in total. The average molecular weight is 220 g/mol. The average Bonchev–Trinajstić information content (AvgIpc) is 2.87. The van der Waals surface area contributed by atoms with Crippen LogP contribution in [0.1, 0.15) is 26.2 Å². The van der Waals surface area contributed by atoms with Crippen molar-refractivity contribution in [1.29, 1.82) is 0 Å². The third-order valence-corrected chi connectivity index (χ3v) is 3.33. The monoisotopic (exact) mass is 220 g/mol. The van der Waals surface area contributed by atoms with Gasteiger partial charge in [0.25, 0.3) is 0 Å². The van der Waals surface area contributed by atoms with Crippen molar-refractivity contribution in [3.8, 4) is 10.7 Å². The van der Waals surface area contributed by atoms with Gasteiger partial charge in [-0.25, -0.2) is 4.98 Å². The van der Waals surface area contributed by atoms with E-state index in [1.165, 1.54) is 24.1 Å². The highest BCUT2D eigenvalue weighted by Gasteiger charge is 2.05. The van der Waals surface area contributed by atoms with Crippen molar-refractivity contribution in [3.05, 3.63) is 29.9 Å². The molecule has 0 saturated carbocycles. The first-order valence-electron chi connectivity index (χ1n) is 5.47. The van der Waals surface area contributed by atoms with Gasteiger partial charge in [0, 0.05) is 18.9 Å². The highest BCUT2D eigenvalue weighted by atomic mass is 32.1. The number of hydrogen-bond acceptors (Lipinski definition) is 2. The molecule has 0 bridgehead atoms. The van der Waals surface area contributed by atoms with Gasteiger partial charge in [-0.15, -0.1) is 11.3 Å². The fourth-order valence-corrected chi connectivity index (χ4v) is 2.39. The first-order chi connectivity index (χ1) is 7.42. The van der Waals surface area contributed by atoms with Crippen molar-refractivity contribution in [2.75, 3.05) is 0 Å². The van der Waals surface area contributed by atoms with E-state index < -0.39 is 0 Å². The second-order valence-corrected chi connectivity index (χ2v) is 4.58. The van der Waals surface area contributed by atoms with Crippen LogP contribution in [-0.2, 0) is 6.54 Å². The Morgan fingerprint density at radius 2 is 2.33 bits per heavy atom. The molecule has 0 aliphatic rings. The number of aryl methyl sites for hydroxylation is 1. The fourth-order valence-electron chi connectivity index (χ4n) is 1.65. The minimum atomic E-state index is 1.08. The quantitative estimate of drug-likeness (QED) is 0.701. The van der Waals surface area contributed by atoms with Gasteiger partial charge in [-0.3, -0.25) is 0 Å². The molecule has 3 heteroatoms. The van der Waals surface area contributed by atoms with E-state index in [9.17, 15) is 0 Å². The molecule has 0 saturated heterocycles. The molecule has 0 aromatic carbocycles. The standard InChI is InChI=1S/C12H16N2S/c1-2-3-4-8-14-9-7-13-12(14)11-6-5-10-15-11/h5-7,9-10H,2-4,8H2,1H3. The summed E-state index contributed by atoms with van der Waals surface area (Å²) in [5, 5.41) is 2.10. The van der Waals surface area contributed by atoms with E-state index in [4.69, 9.17) is 0 Å². The molecule has 80 valence electrons. The van der Waals surface area contributed by atoms with Crippen molar-refractivity contribution in [1.82, 2.24) is 9.55 Å². The zero-order valence-electron chi connectivity index (χ0n) is 9.02. The van der Waals surface area contributed by atoms with Gasteiger partial charge >= 0.3 is 0 Å². The normalized spacial score (nSPS) is 10.7. The van der Waals surface area contributed by atoms with Crippen molar-refractivity contribution < 1.29 is 0 Å². The highest BCUT2D eigenvalue weighted by Crippen LogP contribution is 2.23. The Kier molecular flexibility index (Phi) is 3.56. The van der Waals surface area contributed by atoms with Crippen molar-refractivity contribution in [2.24, 2.45) is 0 Å². The van der Waals surface area contributed by atoms with Gasteiger partial charge in [0.05, 0.1) is 4.88 Å². The molecule has 0 aliphatic carbocycles. The SMILES string of the molecule is CCCCCn1ccnc1-c1cccs1. The number of aromatic nitrogens is 2. The Bertz CT molecular complexity index is 389. The smallest absolute Gasteiger partial charge is 0.149 e. The summed E-state index contributed by atoms with van der Waals surface area (Å²) in [7, 11) is 0. The number of thiophene rings is 1. The van der Waals surface area contributed by atoms with E-state index in [1.807, 2.05) is 6.20 Å². The van der Waals surface area contributed by atoms with E-state index >= 15 is 0 Å². The maximum Gasteiger partial charge on any atom is 0.149 e. The molecule has 0 N–H and O–H groups in total. The van der Waals surface area contributed by atoms with Gasteiger partial charge in [0.2, 0.25) is 0 Å². The van der Waals surface area contributed by atoms with E-state index in [-0.39, 0.29) is 0 Å². The van der Waals surface area contributed by atoms with E-state index in [2.05, 4.69) is 40.2 Å². The summed E-state index contributed by atoms with van der Waals surface area (Å²) in [4.78, 5) is 5.67. The van der Waals surface area contributed by atoms with Crippen molar-refractivity contribution in [3.63, 3.8) is 0 Å². The van der Waals surface area contributed by atoms with Crippen LogP contribution in [0, 0.1) is 0 Å². The lowest BCUT2D eigenvalue weighted by atomic mass is 10.2. The molecular formula is C12H16N2S. The summed E-state index contributed by atoms with van der Waals surface area (Å²) in [6.45, 7) is 3.31. The maximum atomic E-state index is 4.41. The third-order valence-electron chi connectivity index (χ3n) is 2.46. The zero-order chi connectivity index (χ0) is 10.5. The first kappa shape index (κ1) is 10.4. The van der Waals surface area contributed by atoms with Crippen molar-refractivity contribution in [2.45, 2.75) is 32.7 Å². The van der Waals surface area contributed by atoms with Crippen LogP contribution in [0.4, 0.5) is 0 Å². The Morgan fingerprint density at radius 3 is 3.07 bits per heavy atom. The number of imidazole rings is 1. The summed E-state index contributed by atoms with van der Waals surface area (Å²) >= 11 is 1.75. The second kappa shape index (κ2) is 5.12. The number of nitrogens with zero attached hydrogens (tertiary/aromatic N) is 2. The van der Waals surface area contributed by atoms with Crippen LogP contribution in [0.2, 0.25) is 0 Å². The number of hydrogen-bond donors (Lipinski definition) is 0.